The molecule has 1 heterocycles. The van der Waals surface area contributed by atoms with Gasteiger partial charge in [0.1, 0.15) is 0 Å². The van der Waals surface area contributed by atoms with Crippen molar-refractivity contribution in [3.8, 4) is 5.69 Å². The molecule has 0 aliphatic heterocycles. The van der Waals surface area contributed by atoms with E-state index < -0.39 is 6.03 Å². The van der Waals surface area contributed by atoms with Gasteiger partial charge in [-0.1, -0.05) is 22.4 Å². The largest absolute Gasteiger partial charge is 0.335 e. The second-order valence-corrected chi connectivity index (χ2v) is 3.77. The Morgan fingerprint density at radius 2 is 2.20 bits per heavy atom. The Morgan fingerprint density at radius 1 is 1.40 bits per heavy atom. The molecule has 11 heteroatoms. The number of carbonyl (C=O) groups excluding carboxylic acids is 2. The number of hydrogen-bond acceptors (Lipinski definition) is 6. The molecule has 0 spiro atoms. The topological polar surface area (TPSA) is 129 Å². The van der Waals surface area contributed by atoms with Crippen LogP contribution >= 0.6 is 12.2 Å². The molecular formula is C9H10N8O2S. The number of tetrazole rings is 1. The summed E-state index contributed by atoms with van der Waals surface area (Å²) in [5.41, 5.74) is 7.49. The van der Waals surface area contributed by atoms with Crippen molar-refractivity contribution < 1.29 is 9.59 Å². The molecule has 0 unspecified atom stereocenters. The molecule has 10 nitrogen and oxygen atoms in total. The average Bonchev–Trinajstić information content (AvgIpc) is 2.86. The van der Waals surface area contributed by atoms with Crippen LogP contribution in [-0.2, 0) is 4.79 Å². The fraction of sp³-hybridized carbons (Fsp3) is 0. The lowest BCUT2D eigenvalue weighted by atomic mass is 10.2. The van der Waals surface area contributed by atoms with Crippen molar-refractivity contribution in [1.29, 1.82) is 0 Å². The monoisotopic (exact) mass is 294 g/mol. The molecule has 0 saturated heterocycles. The molecule has 2 aromatic rings. The summed E-state index contributed by atoms with van der Waals surface area (Å²) in [5.74, 6) is 0. The Bertz CT molecular complexity index is 666. The van der Waals surface area contributed by atoms with Crippen LogP contribution in [0.15, 0.2) is 24.3 Å². The maximum atomic E-state index is 11.6. The smallest absolute Gasteiger partial charge is 0.305 e. The van der Waals surface area contributed by atoms with Crippen molar-refractivity contribution in [2.75, 3.05) is 5.32 Å². The van der Waals surface area contributed by atoms with E-state index in [1.165, 1.54) is 4.68 Å². The van der Waals surface area contributed by atoms with Gasteiger partial charge in [-0.05, 0) is 24.4 Å². The van der Waals surface area contributed by atoms with E-state index >= 15 is 0 Å². The number of anilines is 1. The second kappa shape index (κ2) is 6.40. The average molecular weight is 294 g/mol. The number of rotatable bonds is 5. The number of amides is 3. The van der Waals surface area contributed by atoms with Crippen LogP contribution in [0, 0.1) is 4.77 Å². The molecule has 0 saturated carbocycles. The number of nitrogens with one attached hydrogen (secondary N) is 5. The SMILES string of the molecule is O=CNNNC(=O)Nc1ccccc1-n1[nH]nnc1=S. The van der Waals surface area contributed by atoms with Gasteiger partial charge >= 0.3 is 6.03 Å². The first-order valence-electron chi connectivity index (χ1n) is 5.33. The molecule has 0 aliphatic carbocycles. The van der Waals surface area contributed by atoms with Crippen LogP contribution in [0.2, 0.25) is 0 Å². The van der Waals surface area contributed by atoms with E-state index in [2.05, 4.69) is 37.2 Å². The summed E-state index contributed by atoms with van der Waals surface area (Å²) >= 11 is 4.99. The Balaban J connectivity index is 2.17. The number of aromatic amines is 1. The van der Waals surface area contributed by atoms with Crippen LogP contribution in [0.1, 0.15) is 0 Å². The highest BCUT2D eigenvalue weighted by Gasteiger charge is 2.09. The number of benzene rings is 1. The van der Waals surface area contributed by atoms with E-state index in [1.54, 1.807) is 24.3 Å². The first kappa shape index (κ1) is 13.6. The molecule has 1 aromatic heterocycles. The molecule has 0 atom stereocenters. The van der Waals surface area contributed by atoms with E-state index in [4.69, 9.17) is 12.2 Å². The minimum absolute atomic E-state index is 0.223. The second-order valence-electron chi connectivity index (χ2n) is 3.40. The zero-order valence-corrected chi connectivity index (χ0v) is 10.8. The van der Waals surface area contributed by atoms with Crippen LogP contribution in [0.4, 0.5) is 10.5 Å². The maximum Gasteiger partial charge on any atom is 0.335 e. The third-order valence-corrected chi connectivity index (χ3v) is 2.44. The third kappa shape index (κ3) is 3.15. The highest BCUT2D eigenvalue weighted by molar-refractivity contribution is 7.71. The zero-order valence-electron chi connectivity index (χ0n) is 9.95. The van der Waals surface area contributed by atoms with Gasteiger partial charge in [0, 0.05) is 0 Å². The third-order valence-electron chi connectivity index (χ3n) is 2.17. The van der Waals surface area contributed by atoms with E-state index in [0.29, 0.717) is 17.8 Å². The summed E-state index contributed by atoms with van der Waals surface area (Å²) in [4.78, 5) is 21.6. The standard InChI is InChI=1S/C9H10N8O2S/c18-5-10-14-12-8(19)11-6-3-1-2-4-7(6)17-9(20)13-15-16-17/h1-5,14H,(H,10,18)(H2,11,12,19)(H,13,16,20). The minimum Gasteiger partial charge on any atom is -0.305 e. The van der Waals surface area contributed by atoms with Crippen LogP contribution in [0.3, 0.4) is 0 Å². The minimum atomic E-state index is -0.578. The first-order valence-corrected chi connectivity index (χ1v) is 5.74. The van der Waals surface area contributed by atoms with Gasteiger partial charge in [-0.2, -0.15) is 5.21 Å². The summed E-state index contributed by atoms with van der Waals surface area (Å²) in [7, 11) is 0. The highest BCUT2D eigenvalue weighted by atomic mass is 32.1. The van der Waals surface area contributed by atoms with Crippen molar-refractivity contribution >= 4 is 30.3 Å². The normalized spacial score (nSPS) is 9.80. The predicted molar refractivity (Wildman–Crippen MR) is 71.0 cm³/mol. The quantitative estimate of drug-likeness (QED) is 0.221. The fourth-order valence-corrected chi connectivity index (χ4v) is 1.58. The van der Waals surface area contributed by atoms with Crippen molar-refractivity contribution in [2.45, 2.75) is 0 Å². The molecule has 0 bridgehead atoms. The Labute approximate surface area is 117 Å². The van der Waals surface area contributed by atoms with Crippen LogP contribution in [-0.4, -0.2) is 32.6 Å². The van der Waals surface area contributed by atoms with E-state index in [9.17, 15) is 9.59 Å². The Morgan fingerprint density at radius 3 is 2.90 bits per heavy atom. The highest BCUT2D eigenvalue weighted by Crippen LogP contribution is 2.18. The Hall–Kier alpha value is -2.79. The van der Waals surface area contributed by atoms with Crippen LogP contribution < -0.4 is 21.7 Å². The molecule has 5 N–H and O–H groups in total. The summed E-state index contributed by atoms with van der Waals surface area (Å²) < 4.78 is 1.66. The zero-order chi connectivity index (χ0) is 14.4. The predicted octanol–water partition coefficient (Wildman–Crippen LogP) is -0.388. The molecule has 0 radical (unpaired) electrons. The molecular weight excluding hydrogens is 284 g/mol. The summed E-state index contributed by atoms with van der Waals surface area (Å²) in [6.07, 6.45) is 0.379. The summed E-state index contributed by atoms with van der Waals surface area (Å²) in [5, 5.41) is 12.4. The lowest BCUT2D eigenvalue weighted by molar-refractivity contribution is -0.110. The molecule has 0 aliphatic rings. The van der Waals surface area contributed by atoms with E-state index in [1.807, 2.05) is 0 Å². The molecule has 1 aromatic carbocycles. The number of hydrazine groups is 2. The molecule has 20 heavy (non-hydrogen) atoms. The maximum absolute atomic E-state index is 11.6. The van der Waals surface area contributed by atoms with Crippen molar-refractivity contribution in [2.24, 2.45) is 0 Å². The van der Waals surface area contributed by atoms with Gasteiger partial charge in [-0.3, -0.25) is 15.6 Å². The van der Waals surface area contributed by atoms with Crippen LogP contribution in [0.25, 0.3) is 5.69 Å². The summed E-state index contributed by atoms with van der Waals surface area (Å²) in [6, 6.07) is 6.33. The number of nitrogens with zero attached hydrogens (tertiary/aromatic N) is 3. The lowest BCUT2D eigenvalue weighted by Gasteiger charge is -2.11. The molecule has 2 rings (SSSR count). The number of H-pyrrole nitrogens is 1. The van der Waals surface area contributed by atoms with Crippen LogP contribution in [0.5, 0.6) is 0 Å². The molecule has 0 fully saturated rings. The van der Waals surface area contributed by atoms with Gasteiger partial charge in [-0.15, -0.1) is 5.53 Å². The number of aromatic nitrogens is 4. The van der Waals surface area contributed by atoms with E-state index in [0.717, 1.165) is 0 Å². The number of hydrogen-bond donors (Lipinski definition) is 5. The van der Waals surface area contributed by atoms with Gasteiger partial charge in [0.15, 0.2) is 0 Å². The lowest BCUT2D eigenvalue weighted by Crippen LogP contribution is -2.47. The van der Waals surface area contributed by atoms with Crippen molar-refractivity contribution in [3.05, 3.63) is 29.0 Å². The molecule has 3 amide bonds. The number of carbonyl (C=O) groups is 2. The van der Waals surface area contributed by atoms with Gasteiger partial charge < -0.3 is 5.32 Å². The van der Waals surface area contributed by atoms with Crippen molar-refractivity contribution in [3.63, 3.8) is 0 Å². The van der Waals surface area contributed by atoms with Gasteiger partial charge in [-0.25, -0.2) is 9.48 Å². The summed E-state index contributed by atoms with van der Waals surface area (Å²) in [6.45, 7) is 0. The van der Waals surface area contributed by atoms with Crippen molar-refractivity contribution in [1.82, 2.24) is 36.6 Å². The van der Waals surface area contributed by atoms with Gasteiger partial charge in [0.25, 0.3) is 0 Å². The number of para-hydroxylation sites is 2. The molecule has 104 valence electrons. The first-order chi connectivity index (χ1) is 9.72. The van der Waals surface area contributed by atoms with Gasteiger partial charge in [0.05, 0.1) is 11.4 Å². The number of urea groups is 1. The van der Waals surface area contributed by atoms with E-state index in [-0.39, 0.29) is 4.77 Å². The fourth-order valence-electron chi connectivity index (χ4n) is 1.40. The Kier molecular flexibility index (Phi) is 4.36. The van der Waals surface area contributed by atoms with Gasteiger partial charge in [0.2, 0.25) is 11.2 Å².